The van der Waals surface area contributed by atoms with Gasteiger partial charge < -0.3 is 15.2 Å². The minimum absolute atomic E-state index is 0. The first-order valence-corrected chi connectivity index (χ1v) is 6.80. The number of carbonyl (C=O) groups is 1. The summed E-state index contributed by atoms with van der Waals surface area (Å²) in [5.74, 6) is -2.14. The molecule has 0 radical (unpaired) electrons. The third-order valence-corrected chi connectivity index (χ3v) is 2.95. The van der Waals surface area contributed by atoms with Gasteiger partial charge in [0, 0.05) is 6.07 Å². The zero-order valence-corrected chi connectivity index (χ0v) is 13.8. The van der Waals surface area contributed by atoms with Crippen LogP contribution in [-0.2, 0) is 9.53 Å². The molecule has 126 valence electrons. The Morgan fingerprint density at radius 1 is 1.18 bits per heavy atom. The first-order chi connectivity index (χ1) is 9.72. The van der Waals surface area contributed by atoms with Crippen LogP contribution in [0.5, 0.6) is 5.75 Å². The van der Waals surface area contributed by atoms with Gasteiger partial charge in [-0.3, -0.25) is 4.79 Å². The topological polar surface area (TPSA) is 61.5 Å². The molecule has 1 aromatic carbocycles. The molecule has 1 rings (SSSR count). The maximum atomic E-state index is 13.6. The molecule has 7 heteroatoms. The number of carbonyl (C=O) groups excluding carboxylic acids is 1. The molecule has 0 heterocycles. The summed E-state index contributed by atoms with van der Waals surface area (Å²) in [5, 5.41) is 0. The molecular weight excluding hydrogens is 316 g/mol. The second kappa shape index (κ2) is 8.90. The molecule has 0 spiro atoms. The molecule has 0 fully saturated rings. The molecular formula is C15H22ClF2NO3. The molecule has 3 atom stereocenters. The van der Waals surface area contributed by atoms with Gasteiger partial charge in [-0.2, -0.15) is 0 Å². The molecule has 0 amide bonds. The maximum Gasteiger partial charge on any atom is 0.323 e. The predicted octanol–water partition coefficient (Wildman–Crippen LogP) is 3.07. The van der Waals surface area contributed by atoms with Crippen molar-refractivity contribution in [3.05, 3.63) is 29.8 Å². The van der Waals surface area contributed by atoms with E-state index in [0.717, 1.165) is 18.2 Å². The first-order valence-electron chi connectivity index (χ1n) is 6.80. The molecule has 0 aliphatic rings. The van der Waals surface area contributed by atoms with Crippen LogP contribution in [0.25, 0.3) is 0 Å². The predicted molar refractivity (Wildman–Crippen MR) is 82.1 cm³/mol. The van der Waals surface area contributed by atoms with Crippen molar-refractivity contribution in [1.82, 2.24) is 0 Å². The minimum atomic E-state index is -0.758. The Morgan fingerprint density at radius 3 is 2.27 bits per heavy atom. The van der Waals surface area contributed by atoms with E-state index in [-0.39, 0.29) is 24.1 Å². The summed E-state index contributed by atoms with van der Waals surface area (Å²) < 4.78 is 37.5. The normalized spacial score (nSPS) is 14.7. The molecule has 0 aliphatic heterocycles. The Kier molecular flexibility index (Phi) is 8.34. The van der Waals surface area contributed by atoms with Gasteiger partial charge in [-0.05, 0) is 31.9 Å². The standard InChI is InChI=1S/C15H21F2NO3.ClH/c1-8(2)14(10(4)20-15(19)9(3)18)21-13-7-11(16)5-6-12(13)17;/h5-10,14H,18H2,1-4H3;1H/t9-,10-,14+;/m0./s1. The van der Waals surface area contributed by atoms with Crippen LogP contribution in [-0.4, -0.2) is 24.2 Å². The van der Waals surface area contributed by atoms with Crippen LogP contribution in [0.1, 0.15) is 27.7 Å². The molecule has 0 bridgehead atoms. The highest BCUT2D eigenvalue weighted by Crippen LogP contribution is 2.24. The number of rotatable bonds is 6. The van der Waals surface area contributed by atoms with E-state index >= 15 is 0 Å². The second-order valence-corrected chi connectivity index (χ2v) is 5.33. The summed E-state index contributed by atoms with van der Waals surface area (Å²) in [5.41, 5.74) is 5.43. The maximum absolute atomic E-state index is 13.6. The van der Waals surface area contributed by atoms with Crippen molar-refractivity contribution in [3.63, 3.8) is 0 Å². The molecule has 0 aliphatic carbocycles. The van der Waals surface area contributed by atoms with E-state index in [1.165, 1.54) is 6.92 Å². The van der Waals surface area contributed by atoms with Crippen molar-refractivity contribution < 1.29 is 23.0 Å². The lowest BCUT2D eigenvalue weighted by molar-refractivity contribution is -0.155. The number of hydrogen-bond donors (Lipinski definition) is 1. The van der Waals surface area contributed by atoms with Gasteiger partial charge in [-0.25, -0.2) is 8.78 Å². The average Bonchev–Trinajstić information content (AvgIpc) is 2.38. The van der Waals surface area contributed by atoms with Gasteiger partial charge in [0.25, 0.3) is 0 Å². The van der Waals surface area contributed by atoms with Gasteiger partial charge in [0.2, 0.25) is 0 Å². The third-order valence-electron chi connectivity index (χ3n) is 2.95. The highest BCUT2D eigenvalue weighted by molar-refractivity contribution is 5.85. The van der Waals surface area contributed by atoms with Crippen molar-refractivity contribution in [2.75, 3.05) is 0 Å². The van der Waals surface area contributed by atoms with Gasteiger partial charge >= 0.3 is 5.97 Å². The molecule has 0 saturated carbocycles. The van der Waals surface area contributed by atoms with Crippen LogP contribution in [0, 0.1) is 17.6 Å². The van der Waals surface area contributed by atoms with E-state index in [0.29, 0.717) is 0 Å². The Balaban J connectivity index is 0.00000441. The zero-order chi connectivity index (χ0) is 16.2. The van der Waals surface area contributed by atoms with Crippen LogP contribution >= 0.6 is 12.4 Å². The number of halogens is 3. The number of benzene rings is 1. The monoisotopic (exact) mass is 337 g/mol. The lowest BCUT2D eigenvalue weighted by atomic mass is 10.0. The summed E-state index contributed by atoms with van der Waals surface area (Å²) in [6.07, 6.45) is -1.27. The fourth-order valence-electron chi connectivity index (χ4n) is 1.85. The van der Waals surface area contributed by atoms with Gasteiger partial charge in [0.05, 0.1) is 0 Å². The lowest BCUT2D eigenvalue weighted by Crippen LogP contribution is -2.41. The quantitative estimate of drug-likeness (QED) is 0.810. The van der Waals surface area contributed by atoms with Crippen molar-refractivity contribution >= 4 is 18.4 Å². The Morgan fingerprint density at radius 2 is 1.77 bits per heavy atom. The van der Waals surface area contributed by atoms with E-state index < -0.39 is 35.9 Å². The van der Waals surface area contributed by atoms with Crippen molar-refractivity contribution in [3.8, 4) is 5.75 Å². The third kappa shape index (κ3) is 5.77. The minimum Gasteiger partial charge on any atom is -0.483 e. The van der Waals surface area contributed by atoms with Crippen LogP contribution in [0.2, 0.25) is 0 Å². The van der Waals surface area contributed by atoms with Crippen LogP contribution < -0.4 is 10.5 Å². The largest absolute Gasteiger partial charge is 0.483 e. The summed E-state index contributed by atoms with van der Waals surface area (Å²) in [6, 6.07) is 2.20. The molecule has 1 aromatic rings. The number of ether oxygens (including phenoxy) is 2. The fraction of sp³-hybridized carbons (Fsp3) is 0.533. The smallest absolute Gasteiger partial charge is 0.323 e. The average molecular weight is 338 g/mol. The molecule has 2 N–H and O–H groups in total. The number of esters is 1. The summed E-state index contributed by atoms with van der Waals surface area (Å²) in [6.45, 7) is 6.80. The first kappa shape index (κ1) is 20.6. The highest BCUT2D eigenvalue weighted by atomic mass is 35.5. The molecule has 4 nitrogen and oxygen atoms in total. The van der Waals surface area contributed by atoms with E-state index in [4.69, 9.17) is 15.2 Å². The summed E-state index contributed by atoms with van der Waals surface area (Å²) in [4.78, 5) is 11.5. The molecule has 0 saturated heterocycles. The Labute approximate surface area is 135 Å². The van der Waals surface area contributed by atoms with Gasteiger partial charge in [0.15, 0.2) is 11.6 Å². The van der Waals surface area contributed by atoms with Crippen LogP contribution in [0.4, 0.5) is 8.78 Å². The van der Waals surface area contributed by atoms with Gasteiger partial charge in [0.1, 0.15) is 24.1 Å². The SMILES string of the molecule is CC(C)[C@@H](Oc1cc(F)ccc1F)[C@H](C)OC(=O)[C@H](C)N.Cl. The second-order valence-electron chi connectivity index (χ2n) is 5.33. The van der Waals surface area contributed by atoms with Crippen LogP contribution in [0.15, 0.2) is 18.2 Å². The molecule has 0 unspecified atom stereocenters. The van der Waals surface area contributed by atoms with Crippen molar-refractivity contribution in [2.24, 2.45) is 11.7 Å². The molecule has 22 heavy (non-hydrogen) atoms. The Bertz CT molecular complexity index is 498. The lowest BCUT2D eigenvalue weighted by Gasteiger charge is -2.28. The fourth-order valence-corrected chi connectivity index (χ4v) is 1.85. The van der Waals surface area contributed by atoms with Crippen LogP contribution in [0.3, 0.4) is 0 Å². The highest BCUT2D eigenvalue weighted by Gasteiger charge is 2.28. The van der Waals surface area contributed by atoms with Gasteiger partial charge in [-0.1, -0.05) is 13.8 Å². The zero-order valence-electron chi connectivity index (χ0n) is 13.0. The van der Waals surface area contributed by atoms with E-state index in [9.17, 15) is 13.6 Å². The van der Waals surface area contributed by atoms with E-state index in [1.54, 1.807) is 6.92 Å². The van der Waals surface area contributed by atoms with E-state index in [1.807, 2.05) is 13.8 Å². The van der Waals surface area contributed by atoms with Crippen molar-refractivity contribution in [2.45, 2.75) is 45.9 Å². The van der Waals surface area contributed by atoms with E-state index in [2.05, 4.69) is 0 Å². The number of nitrogens with two attached hydrogens (primary N) is 1. The van der Waals surface area contributed by atoms with Crippen molar-refractivity contribution in [1.29, 1.82) is 0 Å². The molecule has 0 aromatic heterocycles. The number of hydrogen-bond acceptors (Lipinski definition) is 4. The summed E-state index contributed by atoms with van der Waals surface area (Å²) in [7, 11) is 0. The van der Waals surface area contributed by atoms with Gasteiger partial charge in [-0.15, -0.1) is 12.4 Å². The Hall–Kier alpha value is -1.40. The summed E-state index contributed by atoms with van der Waals surface area (Å²) >= 11 is 0.